The van der Waals surface area contributed by atoms with Crippen LogP contribution in [0.15, 0.2) is 61.3 Å². The summed E-state index contributed by atoms with van der Waals surface area (Å²) in [7, 11) is 0. The van der Waals surface area contributed by atoms with Gasteiger partial charge in [0, 0.05) is 53.5 Å². The van der Waals surface area contributed by atoms with Crippen LogP contribution in [0.2, 0.25) is 5.02 Å². The average molecular weight is 649 g/mol. The van der Waals surface area contributed by atoms with Gasteiger partial charge in [-0.15, -0.1) is 0 Å². The van der Waals surface area contributed by atoms with E-state index >= 15 is 0 Å². The minimum absolute atomic E-state index is 0.0114. The van der Waals surface area contributed by atoms with E-state index in [2.05, 4.69) is 22.6 Å². The number of fused-ring (bicyclic) bond motifs is 2. The number of halogens is 5. The number of hydrogen-bond donors (Lipinski definition) is 2. The summed E-state index contributed by atoms with van der Waals surface area (Å²) >= 11 is 5.98. The molecule has 0 aliphatic carbocycles. The Morgan fingerprint density at radius 1 is 1.07 bits per heavy atom. The smallest absolute Gasteiger partial charge is 0.417 e. The summed E-state index contributed by atoms with van der Waals surface area (Å²) in [4.78, 5) is 17.2. The molecule has 2 aromatic carbocycles. The number of carbonyl (C=O) groups is 1. The number of carbonyl (C=O) groups excluding carboxylic acids is 1. The Balaban J connectivity index is 0.00000103. The maximum Gasteiger partial charge on any atom is 0.417 e. The predicted molar refractivity (Wildman–Crippen MR) is 176 cm³/mol. The molecule has 0 atom stereocenters. The Kier molecular flexibility index (Phi) is 16.6. The number of hydrogen-bond acceptors (Lipinski definition) is 5. The zero-order valence-corrected chi connectivity index (χ0v) is 27.2. The molecule has 4 aromatic rings. The molecule has 5 rings (SSSR count). The summed E-state index contributed by atoms with van der Waals surface area (Å²) in [6.07, 6.45) is -2.07. The molecule has 11 heteroatoms. The molecule has 0 saturated carbocycles. The molecule has 0 unspecified atom stereocenters. The number of nitrogens with zero attached hydrogens (tertiary/aromatic N) is 2. The predicted octanol–water partition coefficient (Wildman–Crippen LogP) is 9.03. The quantitative estimate of drug-likeness (QED) is 0.161. The Hall–Kier alpha value is -4.18. The lowest BCUT2D eigenvalue weighted by Gasteiger charge is -2.13. The number of amides is 1. The largest absolute Gasteiger partial charge is 0.491 e. The second-order valence-electron chi connectivity index (χ2n) is 8.60. The average Bonchev–Trinajstić information content (AvgIpc) is 3.53. The molecule has 0 spiro atoms. The first-order chi connectivity index (χ1) is 21.6. The first-order valence-electron chi connectivity index (χ1n) is 14.8. The van der Waals surface area contributed by atoms with Crippen molar-refractivity contribution in [3.05, 3.63) is 94.5 Å². The van der Waals surface area contributed by atoms with Crippen molar-refractivity contribution in [2.45, 2.75) is 60.6 Å². The Morgan fingerprint density at radius 2 is 1.73 bits per heavy atom. The lowest BCUT2D eigenvalue weighted by atomic mass is 10.0. The van der Waals surface area contributed by atoms with E-state index in [0.29, 0.717) is 58.7 Å². The number of rotatable bonds is 6. The molecule has 2 aromatic heterocycles. The second kappa shape index (κ2) is 19.3. The summed E-state index contributed by atoms with van der Waals surface area (Å²) in [6.45, 7) is 17.1. The molecule has 1 amide bonds. The van der Waals surface area contributed by atoms with Crippen LogP contribution in [0.3, 0.4) is 0 Å². The SMILES string of the molecule is C=C(NCCc1cc2c(c(-c3ccc(F)c(Cl)c3)n1)OCC2)c1ccc2ncc(C(F)(F)F)cc2c1.CC.CC.CC.NC=O. The van der Waals surface area contributed by atoms with Gasteiger partial charge in [-0.2, -0.15) is 13.2 Å². The van der Waals surface area contributed by atoms with Gasteiger partial charge in [0.05, 0.1) is 22.7 Å². The van der Waals surface area contributed by atoms with Gasteiger partial charge < -0.3 is 15.8 Å². The minimum Gasteiger partial charge on any atom is -0.491 e. The number of benzene rings is 2. The third kappa shape index (κ3) is 10.7. The highest BCUT2D eigenvalue weighted by atomic mass is 35.5. The van der Waals surface area contributed by atoms with E-state index < -0.39 is 17.6 Å². The maximum absolute atomic E-state index is 13.7. The highest BCUT2D eigenvalue weighted by Crippen LogP contribution is 2.37. The molecule has 1 aliphatic heterocycles. The summed E-state index contributed by atoms with van der Waals surface area (Å²) in [5.74, 6) is 0.178. The van der Waals surface area contributed by atoms with Gasteiger partial charge in [0.15, 0.2) is 0 Å². The van der Waals surface area contributed by atoms with E-state index in [0.717, 1.165) is 29.9 Å². The van der Waals surface area contributed by atoms with Gasteiger partial charge in [0.1, 0.15) is 17.3 Å². The van der Waals surface area contributed by atoms with E-state index in [4.69, 9.17) is 26.1 Å². The highest BCUT2D eigenvalue weighted by molar-refractivity contribution is 6.31. The van der Waals surface area contributed by atoms with Crippen molar-refractivity contribution in [3.63, 3.8) is 0 Å². The van der Waals surface area contributed by atoms with Crippen LogP contribution >= 0.6 is 11.6 Å². The van der Waals surface area contributed by atoms with Crippen LogP contribution in [0.5, 0.6) is 5.75 Å². The fourth-order valence-corrected chi connectivity index (χ4v) is 4.32. The van der Waals surface area contributed by atoms with Crippen molar-refractivity contribution in [2.24, 2.45) is 5.73 Å². The third-order valence-corrected chi connectivity index (χ3v) is 6.28. The lowest BCUT2D eigenvalue weighted by Crippen LogP contribution is -2.16. The molecule has 0 radical (unpaired) electrons. The number of ether oxygens (including phenoxy) is 1. The number of pyridine rings is 2. The van der Waals surface area contributed by atoms with Gasteiger partial charge in [-0.05, 0) is 48.0 Å². The summed E-state index contributed by atoms with van der Waals surface area (Å²) < 4.78 is 58.6. The van der Waals surface area contributed by atoms with E-state index in [1.807, 2.05) is 47.6 Å². The van der Waals surface area contributed by atoms with Crippen LogP contribution in [0, 0.1) is 5.82 Å². The normalized spacial score (nSPS) is 11.0. The number of nitrogens with two attached hydrogens (primary N) is 1. The molecule has 0 saturated heterocycles. The van der Waals surface area contributed by atoms with Crippen LogP contribution in [-0.2, 0) is 23.8 Å². The topological polar surface area (TPSA) is 90.1 Å². The fraction of sp³-hybridized carbons (Fsp3) is 0.324. The molecule has 0 bridgehead atoms. The molecule has 1 aliphatic rings. The summed E-state index contributed by atoms with van der Waals surface area (Å²) in [6, 6.07) is 12.6. The third-order valence-electron chi connectivity index (χ3n) is 5.99. The first-order valence-corrected chi connectivity index (χ1v) is 15.1. The lowest BCUT2D eigenvalue weighted by molar-refractivity contribution is -0.137. The first kappa shape index (κ1) is 38.8. The van der Waals surface area contributed by atoms with Crippen LogP contribution in [-0.4, -0.2) is 29.5 Å². The van der Waals surface area contributed by atoms with E-state index in [1.54, 1.807) is 24.3 Å². The highest BCUT2D eigenvalue weighted by Gasteiger charge is 2.31. The molecule has 3 N–H and O–H groups in total. The number of nitrogens with one attached hydrogen (secondary N) is 1. The van der Waals surface area contributed by atoms with Crippen molar-refractivity contribution in [1.29, 1.82) is 0 Å². The Morgan fingerprint density at radius 3 is 2.36 bits per heavy atom. The van der Waals surface area contributed by atoms with Gasteiger partial charge in [0.2, 0.25) is 6.41 Å². The molecule has 45 heavy (non-hydrogen) atoms. The van der Waals surface area contributed by atoms with Crippen molar-refractivity contribution in [3.8, 4) is 17.0 Å². The van der Waals surface area contributed by atoms with Crippen molar-refractivity contribution < 1.29 is 27.1 Å². The molecule has 0 fully saturated rings. The van der Waals surface area contributed by atoms with Crippen molar-refractivity contribution >= 4 is 34.6 Å². The van der Waals surface area contributed by atoms with Crippen LogP contribution in [0.1, 0.15) is 63.9 Å². The van der Waals surface area contributed by atoms with E-state index in [9.17, 15) is 17.6 Å². The standard InChI is InChI=1S/C27H20ClF4N3O.3C2H6.CH3NO/c1-15(16-3-5-24-19(10-16)11-20(14-34-24)27(30,31)32)33-8-6-21-12-18-7-9-36-26(18)25(35-21)17-2-4-23(29)22(28)13-17;3*1-2;2-1-3/h2-5,10-14,33H,1,6-9H2;3*1-2H3;1H,(H2,2,3). The molecular formula is C34H41ClF4N4O2. The Bertz CT molecular complexity index is 1550. The summed E-state index contributed by atoms with van der Waals surface area (Å²) in [5.41, 5.74) is 8.20. The number of aromatic nitrogens is 2. The summed E-state index contributed by atoms with van der Waals surface area (Å²) in [5, 5.41) is 3.62. The molecule has 3 heterocycles. The zero-order chi connectivity index (χ0) is 34.2. The van der Waals surface area contributed by atoms with E-state index in [1.165, 1.54) is 12.1 Å². The van der Waals surface area contributed by atoms with Crippen molar-refractivity contribution in [2.75, 3.05) is 13.2 Å². The van der Waals surface area contributed by atoms with Gasteiger partial charge >= 0.3 is 6.18 Å². The Labute approximate surface area is 267 Å². The maximum atomic E-state index is 13.7. The van der Waals surface area contributed by atoms with Gasteiger partial charge in [-0.1, -0.05) is 65.8 Å². The van der Waals surface area contributed by atoms with Gasteiger partial charge in [-0.25, -0.2) is 9.37 Å². The number of alkyl halides is 3. The van der Waals surface area contributed by atoms with E-state index in [-0.39, 0.29) is 11.4 Å². The zero-order valence-electron chi connectivity index (χ0n) is 26.5. The fourth-order valence-electron chi connectivity index (χ4n) is 4.14. The minimum atomic E-state index is -4.46. The van der Waals surface area contributed by atoms with Gasteiger partial charge in [0.25, 0.3) is 0 Å². The van der Waals surface area contributed by atoms with Crippen LogP contribution < -0.4 is 15.8 Å². The molecule has 244 valence electrons. The molecule has 6 nitrogen and oxygen atoms in total. The molecular weight excluding hydrogens is 608 g/mol. The van der Waals surface area contributed by atoms with Crippen LogP contribution in [0.4, 0.5) is 17.6 Å². The monoisotopic (exact) mass is 648 g/mol. The van der Waals surface area contributed by atoms with Gasteiger partial charge in [-0.3, -0.25) is 9.78 Å². The number of primary amides is 1. The van der Waals surface area contributed by atoms with Crippen LogP contribution in [0.25, 0.3) is 27.9 Å². The van der Waals surface area contributed by atoms with Crippen molar-refractivity contribution in [1.82, 2.24) is 15.3 Å². The second-order valence-corrected chi connectivity index (χ2v) is 9.01.